The summed E-state index contributed by atoms with van der Waals surface area (Å²) in [7, 11) is 1.51. The summed E-state index contributed by atoms with van der Waals surface area (Å²) < 4.78 is 19.6. The van der Waals surface area contributed by atoms with Crippen molar-refractivity contribution < 1.29 is 13.9 Å². The topological polar surface area (TPSA) is 121 Å². The Hall–Kier alpha value is -5.90. The minimum absolute atomic E-state index is 0.133. The van der Waals surface area contributed by atoms with Crippen molar-refractivity contribution in [2.45, 2.75) is 6.42 Å². The second-order valence-electron chi connectivity index (χ2n) is 10.0. The molecule has 0 aliphatic rings. The summed E-state index contributed by atoms with van der Waals surface area (Å²) in [6.45, 7) is 0. The number of pyridine rings is 2. The van der Waals surface area contributed by atoms with Crippen LogP contribution in [0.4, 0.5) is 10.1 Å². The highest BCUT2D eigenvalue weighted by atomic mass is 19.1. The number of H-pyrrole nitrogens is 2. The summed E-state index contributed by atoms with van der Waals surface area (Å²) in [6, 6.07) is 23.6. The van der Waals surface area contributed by atoms with Crippen LogP contribution in [-0.2, 0) is 11.2 Å². The Kier molecular flexibility index (Phi) is 6.55. The van der Waals surface area contributed by atoms with Gasteiger partial charge in [-0.1, -0.05) is 42.5 Å². The molecule has 0 atom stereocenters. The first-order valence-electron chi connectivity index (χ1n) is 13.5. The third-order valence-electron chi connectivity index (χ3n) is 7.13. The number of para-hydroxylation sites is 1. The summed E-state index contributed by atoms with van der Waals surface area (Å²) in [5, 5.41) is 11.3. The van der Waals surface area contributed by atoms with Crippen LogP contribution in [0.3, 0.4) is 0 Å². The van der Waals surface area contributed by atoms with Gasteiger partial charge in [-0.3, -0.25) is 19.9 Å². The van der Waals surface area contributed by atoms with Gasteiger partial charge in [-0.05, 0) is 41.5 Å². The number of imidazole rings is 1. The third-order valence-corrected chi connectivity index (χ3v) is 7.13. The molecule has 43 heavy (non-hydrogen) atoms. The van der Waals surface area contributed by atoms with E-state index in [-0.39, 0.29) is 12.3 Å². The van der Waals surface area contributed by atoms with Gasteiger partial charge < -0.3 is 15.0 Å². The van der Waals surface area contributed by atoms with Crippen LogP contribution in [0.5, 0.6) is 5.75 Å². The molecule has 0 saturated carbocycles. The molecule has 4 heterocycles. The molecule has 0 aliphatic carbocycles. The molecule has 0 fully saturated rings. The van der Waals surface area contributed by atoms with Gasteiger partial charge in [-0.15, -0.1) is 0 Å². The number of aromatic amines is 2. The molecule has 0 unspecified atom stereocenters. The number of hydrogen-bond acceptors (Lipinski definition) is 6. The lowest BCUT2D eigenvalue weighted by Crippen LogP contribution is -2.14. The summed E-state index contributed by atoms with van der Waals surface area (Å²) in [6.07, 6.45) is 5.27. The van der Waals surface area contributed by atoms with Crippen molar-refractivity contribution in [3.8, 4) is 39.7 Å². The van der Waals surface area contributed by atoms with Gasteiger partial charge in [0.25, 0.3) is 0 Å². The minimum Gasteiger partial charge on any atom is -0.497 e. The highest BCUT2D eigenvalue weighted by Crippen LogP contribution is 2.34. The summed E-state index contributed by atoms with van der Waals surface area (Å²) in [5.41, 5.74) is 7.11. The predicted octanol–water partition coefficient (Wildman–Crippen LogP) is 6.56. The summed E-state index contributed by atoms with van der Waals surface area (Å²) in [4.78, 5) is 29.7. The Labute approximate surface area is 244 Å². The average molecular weight is 570 g/mol. The lowest BCUT2D eigenvalue weighted by molar-refractivity contribution is -0.115. The van der Waals surface area contributed by atoms with E-state index in [1.165, 1.54) is 19.2 Å². The van der Waals surface area contributed by atoms with Gasteiger partial charge in [-0.25, -0.2) is 9.37 Å². The Morgan fingerprint density at radius 2 is 1.81 bits per heavy atom. The van der Waals surface area contributed by atoms with Gasteiger partial charge in [0.05, 0.1) is 53.9 Å². The average Bonchev–Trinajstić information content (AvgIpc) is 3.65. The van der Waals surface area contributed by atoms with Crippen LogP contribution in [0.1, 0.15) is 5.56 Å². The predicted molar refractivity (Wildman–Crippen MR) is 163 cm³/mol. The highest BCUT2D eigenvalue weighted by molar-refractivity contribution is 5.98. The van der Waals surface area contributed by atoms with Crippen LogP contribution in [0.2, 0.25) is 0 Å². The fourth-order valence-corrected chi connectivity index (χ4v) is 5.10. The van der Waals surface area contributed by atoms with E-state index in [0.717, 1.165) is 33.1 Å². The number of benzene rings is 3. The van der Waals surface area contributed by atoms with Crippen molar-refractivity contribution in [2.75, 3.05) is 12.4 Å². The van der Waals surface area contributed by atoms with Crippen LogP contribution in [0.25, 0.3) is 55.8 Å². The van der Waals surface area contributed by atoms with Crippen LogP contribution in [0, 0.1) is 5.82 Å². The summed E-state index contributed by atoms with van der Waals surface area (Å²) >= 11 is 0. The first kappa shape index (κ1) is 26.0. The van der Waals surface area contributed by atoms with E-state index >= 15 is 0 Å². The molecule has 7 rings (SSSR count). The number of methoxy groups -OCH3 is 1. The Balaban J connectivity index is 1.22. The van der Waals surface area contributed by atoms with Gasteiger partial charge in [0.1, 0.15) is 17.3 Å². The molecule has 3 aromatic carbocycles. The maximum atomic E-state index is 14.3. The molecule has 3 N–H and O–H groups in total. The van der Waals surface area contributed by atoms with Crippen molar-refractivity contribution in [1.82, 2.24) is 30.1 Å². The fourth-order valence-electron chi connectivity index (χ4n) is 5.10. The second kappa shape index (κ2) is 10.8. The zero-order chi connectivity index (χ0) is 29.3. The van der Waals surface area contributed by atoms with E-state index in [1.807, 2.05) is 60.7 Å². The molecule has 7 aromatic rings. The van der Waals surface area contributed by atoms with Crippen molar-refractivity contribution in [3.05, 3.63) is 109 Å². The number of halogens is 1. The van der Waals surface area contributed by atoms with Crippen molar-refractivity contribution in [2.24, 2.45) is 0 Å². The zero-order valence-corrected chi connectivity index (χ0v) is 22.9. The molecular weight excluding hydrogens is 545 g/mol. The lowest BCUT2D eigenvalue weighted by Gasteiger charge is -2.07. The second-order valence-corrected chi connectivity index (χ2v) is 10.0. The normalized spacial score (nSPS) is 11.2. The van der Waals surface area contributed by atoms with Crippen LogP contribution >= 0.6 is 0 Å². The van der Waals surface area contributed by atoms with Crippen LogP contribution < -0.4 is 10.1 Å². The number of anilines is 1. The number of hydrogen-bond donors (Lipinski definition) is 3. The highest BCUT2D eigenvalue weighted by Gasteiger charge is 2.17. The monoisotopic (exact) mass is 569 g/mol. The Morgan fingerprint density at radius 3 is 2.67 bits per heavy atom. The van der Waals surface area contributed by atoms with Gasteiger partial charge in [0.15, 0.2) is 5.82 Å². The number of carbonyl (C=O) groups excluding carboxylic acids is 1. The molecule has 0 spiro atoms. The number of aromatic nitrogens is 6. The number of nitrogens with zero attached hydrogens (tertiary/aromatic N) is 4. The molecule has 9 nitrogen and oxygen atoms in total. The minimum atomic E-state index is -0.394. The lowest BCUT2D eigenvalue weighted by atomic mass is 10.0. The van der Waals surface area contributed by atoms with E-state index in [0.29, 0.717) is 39.7 Å². The molecule has 0 radical (unpaired) electrons. The van der Waals surface area contributed by atoms with E-state index in [2.05, 4.69) is 30.5 Å². The van der Waals surface area contributed by atoms with E-state index < -0.39 is 5.82 Å². The fraction of sp³-hybridized carbons (Fsp3) is 0.0606. The molecule has 0 aliphatic heterocycles. The first-order valence-corrected chi connectivity index (χ1v) is 13.5. The van der Waals surface area contributed by atoms with Crippen molar-refractivity contribution >= 4 is 33.5 Å². The van der Waals surface area contributed by atoms with Crippen LogP contribution in [-0.4, -0.2) is 43.2 Å². The molecule has 10 heteroatoms. The first-order chi connectivity index (χ1) is 21.0. The van der Waals surface area contributed by atoms with Gasteiger partial charge >= 0.3 is 0 Å². The quantitative estimate of drug-likeness (QED) is 0.200. The number of nitrogens with one attached hydrogen (secondary N) is 3. The van der Waals surface area contributed by atoms with Crippen LogP contribution in [0.15, 0.2) is 97.5 Å². The van der Waals surface area contributed by atoms with E-state index in [4.69, 9.17) is 9.72 Å². The molecule has 210 valence electrons. The van der Waals surface area contributed by atoms with Gasteiger partial charge in [0, 0.05) is 28.8 Å². The number of carbonyl (C=O) groups is 1. The maximum Gasteiger partial charge on any atom is 0.228 e. The van der Waals surface area contributed by atoms with Gasteiger partial charge in [0.2, 0.25) is 5.91 Å². The molecule has 1 amide bonds. The third kappa shape index (κ3) is 5.17. The molecule has 4 aromatic heterocycles. The number of rotatable bonds is 7. The summed E-state index contributed by atoms with van der Waals surface area (Å²) in [5.74, 6) is 0.450. The Bertz CT molecular complexity index is 2120. The van der Waals surface area contributed by atoms with E-state index in [1.54, 1.807) is 24.7 Å². The SMILES string of the molecule is COc1cc(F)cc(-c2cccc3[nH]c(-c4n[nH]c5cnc(-c6cncc(NC(=O)Cc7ccccc7)c6)cc45)nc23)c1. The van der Waals surface area contributed by atoms with Crippen molar-refractivity contribution in [3.63, 3.8) is 0 Å². The van der Waals surface area contributed by atoms with E-state index in [9.17, 15) is 9.18 Å². The molecular formula is C33H24FN7O2. The maximum absolute atomic E-state index is 14.3. The number of amides is 1. The number of ether oxygens (including phenoxy) is 1. The number of fused-ring (bicyclic) bond motifs is 2. The van der Waals surface area contributed by atoms with Crippen molar-refractivity contribution in [1.29, 1.82) is 0 Å². The molecule has 0 bridgehead atoms. The standard InChI is InChI=1S/C33H24FN7O2/c1-43-24-13-20(11-22(34)14-24)25-8-5-9-27-31(25)39-33(38-27)32-26-15-28(36-18-29(26)40-41-32)21-12-23(17-35-16-21)37-30(42)10-19-6-3-2-4-7-19/h2-9,11-18H,10H2,1H3,(H,37,42)(H,38,39)(H,40,41). The smallest absolute Gasteiger partial charge is 0.228 e. The zero-order valence-electron chi connectivity index (χ0n) is 22.9. The molecule has 0 saturated heterocycles. The van der Waals surface area contributed by atoms with Gasteiger partial charge in [-0.2, -0.15) is 5.10 Å². The Morgan fingerprint density at radius 1 is 0.930 bits per heavy atom. The largest absolute Gasteiger partial charge is 0.497 e.